The van der Waals surface area contributed by atoms with E-state index in [9.17, 15) is 17.2 Å². The standard InChI is InChI=1S/C19H18ClF2N5O3S2/c20-14-3-1-2-13(8-14)19(11-31-7-6-27(19)32(23,28)29)9-15-5-4-12(10-24-15)17-25-26-18(30-17)16(21)22/h1-5,8,10,16H,6-7,9,11H2,(H2,23,28,29). The first-order valence-electron chi connectivity index (χ1n) is 9.40. The first kappa shape index (κ1) is 23.1. The number of thioether (sulfide) groups is 1. The van der Waals surface area contributed by atoms with Crippen molar-refractivity contribution in [2.75, 3.05) is 18.1 Å². The molecule has 0 amide bonds. The average Bonchev–Trinajstić information content (AvgIpc) is 3.24. The molecular weight excluding hydrogens is 484 g/mol. The summed E-state index contributed by atoms with van der Waals surface area (Å²) in [5.74, 6) is 0.207. The van der Waals surface area contributed by atoms with Crippen molar-refractivity contribution in [3.63, 3.8) is 0 Å². The Morgan fingerprint density at radius 3 is 2.72 bits per heavy atom. The highest BCUT2D eigenvalue weighted by molar-refractivity contribution is 7.99. The van der Waals surface area contributed by atoms with Gasteiger partial charge in [0.2, 0.25) is 5.89 Å². The molecule has 0 radical (unpaired) electrons. The molecule has 0 aliphatic carbocycles. The SMILES string of the molecule is NS(=O)(=O)N1CCSCC1(Cc1ccc(-c2nnc(C(F)F)o2)cn1)c1cccc(Cl)c1. The van der Waals surface area contributed by atoms with E-state index in [1.165, 1.54) is 10.5 Å². The molecule has 1 aliphatic rings. The van der Waals surface area contributed by atoms with E-state index in [4.69, 9.17) is 21.2 Å². The lowest BCUT2D eigenvalue weighted by Gasteiger charge is -2.45. The quantitative estimate of drug-likeness (QED) is 0.550. The molecule has 1 fully saturated rings. The highest BCUT2D eigenvalue weighted by Gasteiger charge is 2.46. The second-order valence-corrected chi connectivity index (χ2v) is 10.2. The first-order chi connectivity index (χ1) is 15.2. The molecule has 13 heteroatoms. The third-order valence-corrected chi connectivity index (χ3v) is 7.63. The number of aromatic nitrogens is 3. The molecule has 1 aromatic carbocycles. The maximum absolute atomic E-state index is 12.7. The Hall–Kier alpha value is -2.12. The van der Waals surface area contributed by atoms with Gasteiger partial charge in [-0.1, -0.05) is 23.7 Å². The Balaban J connectivity index is 1.71. The summed E-state index contributed by atoms with van der Waals surface area (Å²) >= 11 is 7.82. The van der Waals surface area contributed by atoms with Gasteiger partial charge in [-0.25, -0.2) is 5.14 Å². The van der Waals surface area contributed by atoms with Gasteiger partial charge >= 0.3 is 6.43 Å². The molecule has 0 saturated carbocycles. The van der Waals surface area contributed by atoms with Crippen molar-refractivity contribution in [2.45, 2.75) is 18.4 Å². The molecule has 3 aromatic rings. The van der Waals surface area contributed by atoms with Crippen LogP contribution in [0.2, 0.25) is 5.02 Å². The second kappa shape index (κ2) is 9.02. The van der Waals surface area contributed by atoms with Crippen LogP contribution < -0.4 is 5.14 Å². The molecule has 2 N–H and O–H groups in total. The average molecular weight is 502 g/mol. The number of halogens is 3. The maximum atomic E-state index is 12.7. The number of hydrogen-bond acceptors (Lipinski definition) is 7. The molecule has 1 unspecified atom stereocenters. The van der Waals surface area contributed by atoms with E-state index in [1.54, 1.807) is 42.1 Å². The third kappa shape index (κ3) is 4.64. The van der Waals surface area contributed by atoms with Crippen LogP contribution in [0.1, 0.15) is 23.6 Å². The Bertz CT molecular complexity index is 1210. The third-order valence-electron chi connectivity index (χ3n) is 5.10. The van der Waals surface area contributed by atoms with Crippen LogP contribution >= 0.6 is 23.4 Å². The molecule has 170 valence electrons. The molecule has 1 saturated heterocycles. The lowest BCUT2D eigenvalue weighted by molar-refractivity contribution is 0.116. The van der Waals surface area contributed by atoms with E-state index < -0.39 is 28.1 Å². The highest BCUT2D eigenvalue weighted by Crippen LogP contribution is 2.41. The van der Waals surface area contributed by atoms with Crippen molar-refractivity contribution in [3.8, 4) is 11.5 Å². The molecule has 1 atom stereocenters. The minimum Gasteiger partial charge on any atom is -0.415 e. The molecule has 1 aliphatic heterocycles. The zero-order valence-corrected chi connectivity index (χ0v) is 18.9. The van der Waals surface area contributed by atoms with Crippen molar-refractivity contribution < 1.29 is 21.6 Å². The minimum absolute atomic E-state index is 0.0803. The molecule has 32 heavy (non-hydrogen) atoms. The predicted molar refractivity (Wildman–Crippen MR) is 116 cm³/mol. The molecule has 0 bridgehead atoms. The molecular formula is C19H18ClF2N5O3S2. The Morgan fingerprint density at radius 2 is 2.09 bits per heavy atom. The van der Waals surface area contributed by atoms with E-state index >= 15 is 0 Å². The van der Waals surface area contributed by atoms with E-state index in [-0.39, 0.29) is 18.9 Å². The largest absolute Gasteiger partial charge is 0.415 e. The summed E-state index contributed by atoms with van der Waals surface area (Å²) in [6, 6.07) is 10.3. The van der Waals surface area contributed by atoms with Gasteiger partial charge < -0.3 is 4.42 Å². The molecule has 4 rings (SSSR count). The van der Waals surface area contributed by atoms with Crippen molar-refractivity contribution in [1.29, 1.82) is 0 Å². The number of rotatable bonds is 6. The summed E-state index contributed by atoms with van der Waals surface area (Å²) < 4.78 is 56.6. The van der Waals surface area contributed by atoms with Crippen LogP contribution in [0.5, 0.6) is 0 Å². The predicted octanol–water partition coefficient (Wildman–Crippen LogP) is 3.41. The van der Waals surface area contributed by atoms with Gasteiger partial charge in [-0.2, -0.15) is 33.3 Å². The van der Waals surface area contributed by atoms with Gasteiger partial charge in [0.1, 0.15) is 0 Å². The number of benzene rings is 1. The van der Waals surface area contributed by atoms with Gasteiger partial charge in [0.25, 0.3) is 16.1 Å². The van der Waals surface area contributed by atoms with Gasteiger partial charge in [0.05, 0.1) is 11.1 Å². The number of nitrogens with two attached hydrogens (primary N) is 1. The van der Waals surface area contributed by atoms with Crippen molar-refractivity contribution >= 4 is 33.6 Å². The Morgan fingerprint density at radius 1 is 1.28 bits per heavy atom. The van der Waals surface area contributed by atoms with Crippen LogP contribution in [-0.4, -0.2) is 46.0 Å². The van der Waals surface area contributed by atoms with Crippen molar-refractivity contribution in [1.82, 2.24) is 19.5 Å². The van der Waals surface area contributed by atoms with E-state index in [0.29, 0.717) is 33.3 Å². The van der Waals surface area contributed by atoms with Crippen molar-refractivity contribution in [3.05, 3.63) is 64.8 Å². The van der Waals surface area contributed by atoms with Crippen LogP contribution in [0.4, 0.5) is 8.78 Å². The Kier molecular flexibility index (Phi) is 6.50. The summed E-state index contributed by atoms with van der Waals surface area (Å²) in [6.07, 6.45) is -1.22. The van der Waals surface area contributed by atoms with E-state index in [0.717, 1.165) is 0 Å². The van der Waals surface area contributed by atoms with Gasteiger partial charge in [-0.15, -0.1) is 10.2 Å². The van der Waals surface area contributed by atoms with Gasteiger partial charge in [-0.05, 0) is 29.8 Å². The monoisotopic (exact) mass is 501 g/mol. The first-order valence-corrected chi connectivity index (χ1v) is 12.4. The Labute approximate surface area is 192 Å². The summed E-state index contributed by atoms with van der Waals surface area (Å²) in [5, 5.41) is 13.0. The van der Waals surface area contributed by atoms with Crippen LogP contribution in [0.15, 0.2) is 47.0 Å². The van der Waals surface area contributed by atoms with Crippen LogP contribution in [0.25, 0.3) is 11.5 Å². The highest BCUT2D eigenvalue weighted by atomic mass is 35.5. The molecule has 2 aromatic heterocycles. The van der Waals surface area contributed by atoms with Gasteiger partial charge in [-0.3, -0.25) is 4.98 Å². The summed E-state index contributed by atoms with van der Waals surface area (Å²) in [5.41, 5.74) is 0.642. The lowest BCUT2D eigenvalue weighted by atomic mass is 9.86. The minimum atomic E-state index is -4.03. The zero-order valence-electron chi connectivity index (χ0n) is 16.5. The van der Waals surface area contributed by atoms with Crippen molar-refractivity contribution in [2.24, 2.45) is 5.14 Å². The zero-order chi connectivity index (χ0) is 22.9. The number of alkyl halides is 2. The number of hydrogen-bond donors (Lipinski definition) is 1. The topological polar surface area (TPSA) is 115 Å². The molecule has 8 nitrogen and oxygen atoms in total. The molecule has 0 spiro atoms. The van der Waals surface area contributed by atoms with E-state index in [1.807, 2.05) is 6.07 Å². The van der Waals surface area contributed by atoms with Crippen LogP contribution in [-0.2, 0) is 22.2 Å². The smallest absolute Gasteiger partial charge is 0.314 e. The fraction of sp³-hybridized carbons (Fsp3) is 0.316. The number of nitrogens with zero attached hydrogens (tertiary/aromatic N) is 4. The van der Waals surface area contributed by atoms with E-state index in [2.05, 4.69) is 15.2 Å². The summed E-state index contributed by atoms with van der Waals surface area (Å²) in [6.45, 7) is 0.243. The summed E-state index contributed by atoms with van der Waals surface area (Å²) in [7, 11) is -4.03. The summed E-state index contributed by atoms with van der Waals surface area (Å²) in [4.78, 5) is 4.39. The second-order valence-electron chi connectivity index (χ2n) is 7.17. The van der Waals surface area contributed by atoms with Crippen LogP contribution in [0.3, 0.4) is 0 Å². The normalized spacial score (nSPS) is 20.0. The maximum Gasteiger partial charge on any atom is 0.314 e. The van der Waals surface area contributed by atoms with Crippen LogP contribution in [0, 0.1) is 0 Å². The fourth-order valence-corrected chi connectivity index (χ4v) is 6.36. The van der Waals surface area contributed by atoms with Gasteiger partial charge in [0, 0.05) is 41.4 Å². The number of pyridine rings is 1. The lowest BCUT2D eigenvalue weighted by Crippen LogP contribution is -2.57. The fourth-order valence-electron chi connectivity index (χ4n) is 3.69. The molecule has 3 heterocycles. The van der Waals surface area contributed by atoms with Gasteiger partial charge in [0.15, 0.2) is 0 Å².